The summed E-state index contributed by atoms with van der Waals surface area (Å²) in [7, 11) is -3.36. The third kappa shape index (κ3) is 5.62. The van der Waals surface area contributed by atoms with Crippen molar-refractivity contribution in [2.75, 3.05) is 50.5 Å². The Bertz CT molecular complexity index is 1210. The minimum absolute atomic E-state index is 0. The molecule has 2 heterocycles. The maximum Gasteiger partial charge on any atom is 0.260 e. The van der Waals surface area contributed by atoms with Crippen LogP contribution in [0.5, 0.6) is 0 Å². The first-order valence-electron chi connectivity index (χ1n) is 9.79. The number of rotatable bonds is 6. The normalized spacial score (nSPS) is 14.8. The summed E-state index contributed by atoms with van der Waals surface area (Å²) >= 11 is 1.24. The number of morpholine rings is 1. The molecule has 11 heteroatoms. The van der Waals surface area contributed by atoms with Crippen molar-refractivity contribution in [2.45, 2.75) is 4.90 Å². The third-order valence-electron chi connectivity index (χ3n) is 5.07. The number of anilines is 1. The fraction of sp³-hybridized carbons (Fsp3) is 0.333. The van der Waals surface area contributed by atoms with Gasteiger partial charge in [-0.2, -0.15) is 0 Å². The van der Waals surface area contributed by atoms with E-state index in [-0.39, 0.29) is 28.8 Å². The fourth-order valence-electron chi connectivity index (χ4n) is 3.37. The van der Waals surface area contributed by atoms with Gasteiger partial charge in [0.15, 0.2) is 15.0 Å². The number of fused-ring (bicyclic) bond motifs is 1. The molecule has 1 aliphatic rings. The van der Waals surface area contributed by atoms with Crippen LogP contribution < -0.4 is 4.90 Å². The van der Waals surface area contributed by atoms with Gasteiger partial charge in [-0.1, -0.05) is 17.4 Å². The molecular formula is C21H23ClFN3O4S2. The number of thiazole rings is 1. The molecule has 0 radical (unpaired) electrons. The third-order valence-corrected chi connectivity index (χ3v) is 7.22. The Balaban J connectivity index is 0.00000289. The first-order valence-corrected chi connectivity index (χ1v) is 12.5. The molecule has 0 aliphatic carbocycles. The predicted octanol–water partition coefficient (Wildman–Crippen LogP) is 3.24. The van der Waals surface area contributed by atoms with Gasteiger partial charge >= 0.3 is 0 Å². The molecular weight excluding hydrogens is 477 g/mol. The van der Waals surface area contributed by atoms with Gasteiger partial charge < -0.3 is 4.74 Å². The average Bonchev–Trinajstić information content (AvgIpc) is 3.17. The minimum atomic E-state index is -3.36. The SMILES string of the molecule is CS(=O)(=O)c1ccc2nc(N(CCN3CCOCC3)C(=O)c3cccc(F)c3)sc2c1.Cl. The van der Waals surface area contributed by atoms with Gasteiger partial charge in [-0.3, -0.25) is 14.6 Å². The number of carbonyl (C=O) groups is 1. The highest BCUT2D eigenvalue weighted by atomic mass is 35.5. The lowest BCUT2D eigenvalue weighted by atomic mass is 10.2. The molecule has 0 N–H and O–H groups in total. The van der Waals surface area contributed by atoms with Crippen molar-refractivity contribution < 1.29 is 22.3 Å². The van der Waals surface area contributed by atoms with E-state index in [9.17, 15) is 17.6 Å². The van der Waals surface area contributed by atoms with E-state index in [1.165, 1.54) is 40.5 Å². The zero-order chi connectivity index (χ0) is 22.0. The molecule has 0 bridgehead atoms. The van der Waals surface area contributed by atoms with E-state index in [2.05, 4.69) is 9.88 Å². The summed E-state index contributed by atoms with van der Waals surface area (Å²) in [6.07, 6.45) is 1.15. The van der Waals surface area contributed by atoms with Crippen LogP contribution in [0.25, 0.3) is 10.2 Å². The summed E-state index contributed by atoms with van der Waals surface area (Å²) in [6, 6.07) is 10.3. The second-order valence-electron chi connectivity index (χ2n) is 7.32. The van der Waals surface area contributed by atoms with Gasteiger partial charge in [0.05, 0.1) is 28.3 Å². The number of halogens is 2. The van der Waals surface area contributed by atoms with Crippen molar-refractivity contribution in [1.29, 1.82) is 0 Å². The molecule has 7 nitrogen and oxygen atoms in total. The van der Waals surface area contributed by atoms with Crippen LogP contribution in [0.1, 0.15) is 10.4 Å². The van der Waals surface area contributed by atoms with Gasteiger partial charge in [0.1, 0.15) is 5.82 Å². The van der Waals surface area contributed by atoms with Crippen LogP contribution in [0.2, 0.25) is 0 Å². The Hall–Kier alpha value is -2.11. The van der Waals surface area contributed by atoms with E-state index in [1.54, 1.807) is 18.2 Å². The van der Waals surface area contributed by atoms with Gasteiger partial charge in [-0.15, -0.1) is 12.4 Å². The minimum Gasteiger partial charge on any atom is -0.379 e. The molecule has 1 aliphatic heterocycles. The lowest BCUT2D eigenvalue weighted by Gasteiger charge is -2.29. The van der Waals surface area contributed by atoms with Crippen LogP contribution in [0, 0.1) is 5.82 Å². The molecule has 3 aromatic rings. The first kappa shape index (κ1) is 24.5. The largest absolute Gasteiger partial charge is 0.379 e. The van der Waals surface area contributed by atoms with Gasteiger partial charge in [0.2, 0.25) is 0 Å². The summed E-state index contributed by atoms with van der Waals surface area (Å²) in [5, 5.41) is 0.447. The van der Waals surface area contributed by atoms with E-state index in [0.717, 1.165) is 19.3 Å². The van der Waals surface area contributed by atoms with Crippen LogP contribution in [0.15, 0.2) is 47.4 Å². The number of hydrogen-bond donors (Lipinski definition) is 0. The summed E-state index contributed by atoms with van der Waals surface area (Å²) in [4.78, 5) is 21.8. The molecule has 0 atom stereocenters. The highest BCUT2D eigenvalue weighted by Crippen LogP contribution is 2.31. The van der Waals surface area contributed by atoms with Crippen molar-refractivity contribution >= 4 is 54.8 Å². The summed E-state index contributed by atoms with van der Waals surface area (Å²) in [5.41, 5.74) is 0.842. The van der Waals surface area contributed by atoms with Crippen molar-refractivity contribution in [1.82, 2.24) is 9.88 Å². The average molecular weight is 500 g/mol. The molecule has 0 saturated carbocycles. The smallest absolute Gasteiger partial charge is 0.260 e. The Morgan fingerprint density at radius 1 is 1.22 bits per heavy atom. The first-order chi connectivity index (χ1) is 14.8. The Morgan fingerprint density at radius 3 is 2.66 bits per heavy atom. The zero-order valence-electron chi connectivity index (χ0n) is 17.4. The maximum atomic E-state index is 13.7. The maximum absolute atomic E-state index is 13.7. The van der Waals surface area contributed by atoms with Gasteiger partial charge in [-0.25, -0.2) is 17.8 Å². The predicted molar refractivity (Wildman–Crippen MR) is 125 cm³/mol. The van der Waals surface area contributed by atoms with E-state index in [0.29, 0.717) is 41.7 Å². The number of carbonyl (C=O) groups excluding carboxylic acids is 1. The molecule has 32 heavy (non-hydrogen) atoms. The van der Waals surface area contributed by atoms with Crippen LogP contribution >= 0.6 is 23.7 Å². The summed E-state index contributed by atoms with van der Waals surface area (Å²) in [5.74, 6) is -0.837. The fourth-order valence-corrected chi connectivity index (χ4v) is 5.12. The quantitative estimate of drug-likeness (QED) is 0.518. The summed E-state index contributed by atoms with van der Waals surface area (Å²) < 4.78 is 43.6. The molecule has 1 saturated heterocycles. The second kappa shape index (κ2) is 10.2. The van der Waals surface area contributed by atoms with Crippen LogP contribution in [-0.4, -0.2) is 69.9 Å². The van der Waals surface area contributed by atoms with E-state index < -0.39 is 15.7 Å². The van der Waals surface area contributed by atoms with Crippen molar-refractivity contribution in [3.63, 3.8) is 0 Å². The van der Waals surface area contributed by atoms with E-state index in [4.69, 9.17) is 4.74 Å². The highest BCUT2D eigenvalue weighted by molar-refractivity contribution is 7.90. The Labute approximate surface area is 196 Å². The molecule has 1 fully saturated rings. The van der Waals surface area contributed by atoms with Crippen molar-refractivity contribution in [3.05, 3.63) is 53.8 Å². The Morgan fingerprint density at radius 2 is 1.97 bits per heavy atom. The number of sulfone groups is 1. The molecule has 1 aromatic heterocycles. The highest BCUT2D eigenvalue weighted by Gasteiger charge is 2.23. The van der Waals surface area contributed by atoms with Gasteiger partial charge in [0, 0.05) is 38.0 Å². The van der Waals surface area contributed by atoms with Crippen LogP contribution in [0.4, 0.5) is 9.52 Å². The number of nitrogens with zero attached hydrogens (tertiary/aromatic N) is 3. The second-order valence-corrected chi connectivity index (χ2v) is 10.3. The summed E-state index contributed by atoms with van der Waals surface area (Å²) in [6.45, 7) is 3.84. The number of hydrogen-bond acceptors (Lipinski definition) is 7. The van der Waals surface area contributed by atoms with Crippen LogP contribution in [0.3, 0.4) is 0 Å². The van der Waals surface area contributed by atoms with Crippen LogP contribution in [-0.2, 0) is 14.6 Å². The van der Waals surface area contributed by atoms with E-state index in [1.807, 2.05) is 0 Å². The number of ether oxygens (including phenoxy) is 1. The lowest BCUT2D eigenvalue weighted by Crippen LogP contribution is -2.43. The lowest BCUT2D eigenvalue weighted by molar-refractivity contribution is 0.0391. The molecule has 0 spiro atoms. The van der Waals surface area contributed by atoms with E-state index >= 15 is 0 Å². The zero-order valence-corrected chi connectivity index (χ0v) is 19.8. The molecule has 172 valence electrons. The molecule has 4 rings (SSSR count). The standard InChI is InChI=1S/C21H22FN3O4S2.ClH/c1-31(27,28)17-5-6-18-19(14-17)30-21(23-18)25(8-7-24-9-11-29-12-10-24)20(26)15-3-2-4-16(22)13-15;/h2-6,13-14H,7-12H2,1H3;1H. The number of aromatic nitrogens is 1. The molecule has 0 unspecified atom stereocenters. The Kier molecular flexibility index (Phi) is 7.84. The van der Waals surface area contributed by atoms with Crippen molar-refractivity contribution in [2.24, 2.45) is 0 Å². The monoisotopic (exact) mass is 499 g/mol. The number of amides is 1. The van der Waals surface area contributed by atoms with Gasteiger partial charge in [0.25, 0.3) is 5.91 Å². The topological polar surface area (TPSA) is 79.8 Å². The van der Waals surface area contributed by atoms with Gasteiger partial charge in [-0.05, 0) is 36.4 Å². The van der Waals surface area contributed by atoms with Crippen molar-refractivity contribution in [3.8, 4) is 0 Å². The molecule has 1 amide bonds. The number of benzene rings is 2. The molecule has 2 aromatic carbocycles.